The topological polar surface area (TPSA) is 15.3 Å². The maximum absolute atomic E-state index is 3.70. The van der Waals surface area contributed by atoms with Crippen molar-refractivity contribution in [3.63, 3.8) is 0 Å². The first-order chi connectivity index (χ1) is 9.84. The molecule has 2 nitrogen and oxygen atoms in total. The number of thiophene rings is 1. The van der Waals surface area contributed by atoms with Crippen molar-refractivity contribution in [2.24, 2.45) is 0 Å². The summed E-state index contributed by atoms with van der Waals surface area (Å²) in [4.78, 5) is 4.08. The van der Waals surface area contributed by atoms with Gasteiger partial charge in [-0.2, -0.15) is 0 Å². The van der Waals surface area contributed by atoms with Gasteiger partial charge >= 0.3 is 0 Å². The number of benzene rings is 1. The predicted octanol–water partition coefficient (Wildman–Crippen LogP) is 4.73. The molecule has 0 radical (unpaired) electrons. The van der Waals surface area contributed by atoms with Gasteiger partial charge in [0.05, 0.1) is 6.17 Å². The molecule has 0 spiro atoms. The quantitative estimate of drug-likeness (QED) is 0.874. The van der Waals surface area contributed by atoms with Crippen molar-refractivity contribution in [2.75, 3.05) is 11.9 Å². The molecule has 1 aliphatic rings. The molecule has 106 valence electrons. The second kappa shape index (κ2) is 6.42. The maximum atomic E-state index is 3.70. The summed E-state index contributed by atoms with van der Waals surface area (Å²) in [6.45, 7) is 3.51. The summed E-state index contributed by atoms with van der Waals surface area (Å²) in [6.07, 6.45) is 4.30. The normalized spacial score (nSPS) is 21.6. The van der Waals surface area contributed by atoms with E-state index < -0.39 is 0 Å². The van der Waals surface area contributed by atoms with Crippen LogP contribution >= 0.6 is 11.3 Å². The molecule has 1 aliphatic heterocycles. The molecule has 1 aromatic carbocycles. The molecule has 0 amide bonds. The first-order valence-corrected chi connectivity index (χ1v) is 8.33. The van der Waals surface area contributed by atoms with Crippen molar-refractivity contribution in [1.29, 1.82) is 0 Å². The number of likely N-dealkylation sites (tertiary alicyclic amines) is 1. The van der Waals surface area contributed by atoms with Crippen molar-refractivity contribution in [1.82, 2.24) is 4.90 Å². The Bertz CT molecular complexity index is 509. The number of rotatable bonds is 4. The zero-order valence-electron chi connectivity index (χ0n) is 12.0. The van der Waals surface area contributed by atoms with E-state index in [1.165, 1.54) is 36.4 Å². The van der Waals surface area contributed by atoms with Crippen LogP contribution in [0.1, 0.15) is 37.1 Å². The lowest BCUT2D eigenvalue weighted by Gasteiger charge is -2.40. The summed E-state index contributed by atoms with van der Waals surface area (Å²) in [5.74, 6) is 0. The van der Waals surface area contributed by atoms with Gasteiger partial charge in [-0.25, -0.2) is 0 Å². The molecule has 2 unspecified atom stereocenters. The average Bonchev–Trinajstić information content (AvgIpc) is 3.02. The number of nitrogens with zero attached hydrogens (tertiary/aromatic N) is 1. The van der Waals surface area contributed by atoms with Crippen LogP contribution in [0.2, 0.25) is 0 Å². The standard InChI is InChI=1S/C17H22N2S/c1-14(16-10-7-13-20-16)19-12-6-5-11-17(19)18-15-8-3-2-4-9-15/h2-4,7-10,13-14,17-18H,5-6,11-12H2,1H3. The summed E-state index contributed by atoms with van der Waals surface area (Å²) in [5.41, 5.74) is 1.22. The Morgan fingerprint density at radius 1 is 1.15 bits per heavy atom. The Hall–Kier alpha value is -1.32. The highest BCUT2D eigenvalue weighted by atomic mass is 32.1. The molecule has 1 N–H and O–H groups in total. The van der Waals surface area contributed by atoms with Crippen molar-refractivity contribution in [3.05, 3.63) is 52.7 Å². The van der Waals surface area contributed by atoms with Gasteiger partial charge in [-0.3, -0.25) is 4.90 Å². The summed E-state index contributed by atoms with van der Waals surface area (Å²) >= 11 is 1.86. The third-order valence-electron chi connectivity index (χ3n) is 4.10. The molecule has 3 heteroatoms. The van der Waals surface area contributed by atoms with Crippen LogP contribution < -0.4 is 5.32 Å². The number of para-hydroxylation sites is 1. The van der Waals surface area contributed by atoms with Crippen LogP contribution in [0, 0.1) is 0 Å². The third-order valence-corrected chi connectivity index (χ3v) is 5.15. The molecule has 1 aromatic heterocycles. The Kier molecular flexibility index (Phi) is 4.38. The van der Waals surface area contributed by atoms with Crippen LogP contribution in [0.4, 0.5) is 5.69 Å². The molecule has 0 bridgehead atoms. The molecule has 0 saturated carbocycles. The van der Waals surface area contributed by atoms with Gasteiger partial charge < -0.3 is 5.32 Å². The van der Waals surface area contributed by atoms with Gasteiger partial charge in [-0.1, -0.05) is 24.3 Å². The zero-order valence-corrected chi connectivity index (χ0v) is 12.8. The molecule has 2 heterocycles. The zero-order chi connectivity index (χ0) is 13.8. The Morgan fingerprint density at radius 3 is 2.75 bits per heavy atom. The second-order valence-corrected chi connectivity index (χ2v) is 6.43. The monoisotopic (exact) mass is 286 g/mol. The second-order valence-electron chi connectivity index (χ2n) is 5.45. The fourth-order valence-corrected chi connectivity index (χ4v) is 3.80. The van der Waals surface area contributed by atoms with Gasteiger partial charge in [0.1, 0.15) is 0 Å². The fourth-order valence-electron chi connectivity index (χ4n) is 2.99. The van der Waals surface area contributed by atoms with Crippen molar-refractivity contribution < 1.29 is 0 Å². The highest BCUT2D eigenvalue weighted by molar-refractivity contribution is 7.10. The van der Waals surface area contributed by atoms with E-state index in [1.807, 2.05) is 11.3 Å². The van der Waals surface area contributed by atoms with Crippen LogP contribution in [-0.2, 0) is 0 Å². The minimum absolute atomic E-state index is 0.447. The van der Waals surface area contributed by atoms with Crippen LogP contribution in [0.25, 0.3) is 0 Å². The first kappa shape index (κ1) is 13.7. The Labute approximate surface area is 125 Å². The summed E-state index contributed by atoms with van der Waals surface area (Å²) < 4.78 is 0. The lowest BCUT2D eigenvalue weighted by molar-refractivity contribution is 0.121. The van der Waals surface area contributed by atoms with Crippen LogP contribution in [0.3, 0.4) is 0 Å². The molecular weight excluding hydrogens is 264 g/mol. The van der Waals surface area contributed by atoms with E-state index in [4.69, 9.17) is 0 Å². The third kappa shape index (κ3) is 3.05. The van der Waals surface area contributed by atoms with Gasteiger partial charge in [0.2, 0.25) is 0 Å². The highest BCUT2D eigenvalue weighted by Gasteiger charge is 2.27. The van der Waals surface area contributed by atoms with Gasteiger partial charge in [0, 0.05) is 23.2 Å². The molecule has 2 atom stereocenters. The lowest BCUT2D eigenvalue weighted by atomic mass is 10.0. The molecule has 3 rings (SSSR count). The number of anilines is 1. The minimum atomic E-state index is 0.447. The predicted molar refractivity (Wildman–Crippen MR) is 87.1 cm³/mol. The average molecular weight is 286 g/mol. The lowest BCUT2D eigenvalue weighted by Crippen LogP contribution is -2.45. The largest absolute Gasteiger partial charge is 0.370 e. The molecule has 0 aliphatic carbocycles. The fraction of sp³-hybridized carbons (Fsp3) is 0.412. The maximum Gasteiger partial charge on any atom is 0.0798 e. The summed E-state index contributed by atoms with van der Waals surface area (Å²) in [6, 6.07) is 15.5. The number of nitrogens with one attached hydrogen (secondary N) is 1. The van der Waals surface area contributed by atoms with Gasteiger partial charge in [0.15, 0.2) is 0 Å². The SMILES string of the molecule is CC(c1cccs1)N1CCCCC1Nc1ccccc1. The van der Waals surface area contributed by atoms with E-state index in [0.29, 0.717) is 12.2 Å². The van der Waals surface area contributed by atoms with Crippen molar-refractivity contribution >= 4 is 17.0 Å². The molecule has 2 aromatic rings. The first-order valence-electron chi connectivity index (χ1n) is 7.45. The van der Waals surface area contributed by atoms with E-state index in [0.717, 1.165) is 0 Å². The van der Waals surface area contributed by atoms with Crippen LogP contribution in [-0.4, -0.2) is 17.6 Å². The van der Waals surface area contributed by atoms with Crippen LogP contribution in [0.5, 0.6) is 0 Å². The van der Waals surface area contributed by atoms with Crippen molar-refractivity contribution in [2.45, 2.75) is 38.4 Å². The van der Waals surface area contributed by atoms with E-state index in [-0.39, 0.29) is 0 Å². The molecular formula is C17H22N2S. The van der Waals surface area contributed by atoms with Gasteiger partial charge in [0.25, 0.3) is 0 Å². The Balaban J connectivity index is 1.74. The number of hydrogen-bond donors (Lipinski definition) is 1. The van der Waals surface area contributed by atoms with E-state index in [9.17, 15) is 0 Å². The van der Waals surface area contributed by atoms with E-state index in [1.54, 1.807) is 0 Å². The van der Waals surface area contributed by atoms with E-state index in [2.05, 4.69) is 65.0 Å². The summed E-state index contributed by atoms with van der Waals surface area (Å²) in [7, 11) is 0. The molecule has 1 fully saturated rings. The van der Waals surface area contributed by atoms with Gasteiger partial charge in [-0.15, -0.1) is 11.3 Å². The van der Waals surface area contributed by atoms with Crippen molar-refractivity contribution in [3.8, 4) is 0 Å². The Morgan fingerprint density at radius 2 is 2.00 bits per heavy atom. The van der Waals surface area contributed by atoms with Gasteiger partial charge in [-0.05, 0) is 49.8 Å². The number of hydrogen-bond acceptors (Lipinski definition) is 3. The summed E-state index contributed by atoms with van der Waals surface area (Å²) in [5, 5.41) is 5.88. The highest BCUT2D eigenvalue weighted by Crippen LogP contribution is 2.31. The smallest absolute Gasteiger partial charge is 0.0798 e. The minimum Gasteiger partial charge on any atom is -0.370 e. The molecule has 20 heavy (non-hydrogen) atoms. The number of piperidine rings is 1. The molecule has 1 saturated heterocycles. The van der Waals surface area contributed by atoms with E-state index >= 15 is 0 Å². The van der Waals surface area contributed by atoms with Crippen LogP contribution in [0.15, 0.2) is 47.8 Å².